The van der Waals surface area contributed by atoms with Gasteiger partial charge >= 0.3 is 5.97 Å². The van der Waals surface area contributed by atoms with Crippen molar-refractivity contribution in [3.8, 4) is 6.07 Å². The number of carboxylic acid groups (broad SMARTS) is 1. The number of carboxylic acids is 1. The molecule has 0 aromatic heterocycles. The van der Waals surface area contributed by atoms with Gasteiger partial charge in [0, 0.05) is 17.3 Å². The second kappa shape index (κ2) is 6.95. The molecule has 0 bridgehead atoms. The number of carbonyl (C=O) groups is 2. The van der Waals surface area contributed by atoms with E-state index in [2.05, 4.69) is 5.32 Å². The summed E-state index contributed by atoms with van der Waals surface area (Å²) >= 11 is 0. The van der Waals surface area contributed by atoms with Crippen molar-refractivity contribution in [2.75, 3.05) is 12.3 Å². The molecule has 0 aliphatic heterocycles. The Bertz CT molecular complexity index is 310. The van der Waals surface area contributed by atoms with E-state index in [1.54, 1.807) is 0 Å². The second-order valence-corrected chi connectivity index (χ2v) is 4.52. The molecule has 0 spiro atoms. The van der Waals surface area contributed by atoms with Gasteiger partial charge in [-0.15, -0.1) is 0 Å². The van der Waals surface area contributed by atoms with Crippen molar-refractivity contribution >= 4 is 22.7 Å². The van der Waals surface area contributed by atoms with E-state index in [-0.39, 0.29) is 18.7 Å². The third kappa shape index (κ3) is 5.80. The maximum Gasteiger partial charge on any atom is 0.318 e. The van der Waals surface area contributed by atoms with Gasteiger partial charge in [0.2, 0.25) is 5.91 Å². The average molecular weight is 232 g/mol. The highest BCUT2D eigenvalue weighted by Gasteiger charge is 2.20. The van der Waals surface area contributed by atoms with Crippen molar-refractivity contribution in [1.29, 1.82) is 5.26 Å². The first-order valence-corrected chi connectivity index (χ1v) is 5.61. The first-order valence-electron chi connectivity index (χ1n) is 4.22. The number of hydrogen-bond donors (Lipinski definition) is 2. The van der Waals surface area contributed by atoms with E-state index < -0.39 is 27.9 Å². The van der Waals surface area contributed by atoms with Gasteiger partial charge in [-0.05, 0) is 6.92 Å². The van der Waals surface area contributed by atoms with Crippen LogP contribution in [0.15, 0.2) is 0 Å². The van der Waals surface area contributed by atoms with Crippen LogP contribution in [0, 0.1) is 11.3 Å². The van der Waals surface area contributed by atoms with Crippen LogP contribution in [0.25, 0.3) is 0 Å². The van der Waals surface area contributed by atoms with E-state index in [1.165, 1.54) is 6.92 Å². The van der Waals surface area contributed by atoms with Crippen molar-refractivity contribution in [1.82, 2.24) is 5.32 Å². The molecule has 0 saturated heterocycles. The molecule has 2 atom stereocenters. The first kappa shape index (κ1) is 13.6. The molecule has 2 N–H and O–H groups in total. The van der Waals surface area contributed by atoms with Crippen molar-refractivity contribution < 1.29 is 18.9 Å². The van der Waals surface area contributed by atoms with Crippen LogP contribution in [-0.2, 0) is 20.4 Å². The highest BCUT2D eigenvalue weighted by atomic mass is 32.2. The fourth-order valence-electron chi connectivity index (χ4n) is 0.676. The maximum atomic E-state index is 11.2. The number of aliphatic carboxylic acids is 1. The van der Waals surface area contributed by atoms with Gasteiger partial charge in [-0.3, -0.25) is 13.8 Å². The van der Waals surface area contributed by atoms with Gasteiger partial charge < -0.3 is 10.4 Å². The normalized spacial score (nSPS) is 13.6. The molecule has 15 heavy (non-hydrogen) atoms. The van der Waals surface area contributed by atoms with Gasteiger partial charge in [0.1, 0.15) is 11.0 Å². The smallest absolute Gasteiger partial charge is 0.318 e. The number of nitrogens with one attached hydrogen (secondary N) is 1. The summed E-state index contributed by atoms with van der Waals surface area (Å²) in [5.41, 5.74) is 0. The molecule has 84 valence electrons. The summed E-state index contributed by atoms with van der Waals surface area (Å²) in [6.07, 6.45) is 0.173. The number of amides is 1. The zero-order valence-corrected chi connectivity index (χ0v) is 9.04. The molecule has 0 aliphatic carbocycles. The van der Waals surface area contributed by atoms with E-state index in [9.17, 15) is 13.8 Å². The van der Waals surface area contributed by atoms with Crippen LogP contribution >= 0.6 is 0 Å². The number of nitrogens with zero attached hydrogens (tertiary/aromatic N) is 1. The predicted molar refractivity (Wildman–Crippen MR) is 53.3 cm³/mol. The summed E-state index contributed by atoms with van der Waals surface area (Å²) in [5.74, 6) is -2.05. The lowest BCUT2D eigenvalue weighted by atomic mass is 10.4. The van der Waals surface area contributed by atoms with Gasteiger partial charge in [0.15, 0.2) is 0 Å². The van der Waals surface area contributed by atoms with E-state index in [1.807, 2.05) is 6.07 Å². The Morgan fingerprint density at radius 3 is 2.67 bits per heavy atom. The predicted octanol–water partition coefficient (Wildman–Crippen LogP) is -0.762. The molecular weight excluding hydrogens is 220 g/mol. The molecule has 0 aliphatic rings. The van der Waals surface area contributed by atoms with Crippen molar-refractivity contribution in [3.05, 3.63) is 0 Å². The van der Waals surface area contributed by atoms with Crippen LogP contribution in [0.4, 0.5) is 0 Å². The Hall–Kier alpha value is -1.42. The van der Waals surface area contributed by atoms with Crippen molar-refractivity contribution in [3.63, 3.8) is 0 Å². The topological polar surface area (TPSA) is 107 Å². The SMILES string of the molecule is CC(C(=O)O)S(=O)CC(=O)NCCC#N. The summed E-state index contributed by atoms with van der Waals surface area (Å²) < 4.78 is 11.2. The molecule has 1 amide bonds. The van der Waals surface area contributed by atoms with E-state index in [0.717, 1.165) is 0 Å². The largest absolute Gasteiger partial charge is 0.480 e. The lowest BCUT2D eigenvalue weighted by Gasteiger charge is -2.06. The molecule has 2 unspecified atom stereocenters. The van der Waals surface area contributed by atoms with Gasteiger partial charge in [-0.1, -0.05) is 0 Å². The Labute approximate surface area is 89.7 Å². The summed E-state index contributed by atoms with van der Waals surface area (Å²) in [5, 5.41) is 18.0. The van der Waals surface area contributed by atoms with Gasteiger partial charge in [0.25, 0.3) is 0 Å². The summed E-state index contributed by atoms with van der Waals surface area (Å²) in [6.45, 7) is 1.47. The van der Waals surface area contributed by atoms with E-state index in [4.69, 9.17) is 10.4 Å². The maximum absolute atomic E-state index is 11.2. The zero-order chi connectivity index (χ0) is 11.8. The molecule has 0 fully saturated rings. The molecule has 0 heterocycles. The highest BCUT2D eigenvalue weighted by molar-refractivity contribution is 7.87. The molecule has 0 aromatic rings. The average Bonchev–Trinajstić information content (AvgIpc) is 2.16. The van der Waals surface area contributed by atoms with Crippen LogP contribution in [0.3, 0.4) is 0 Å². The van der Waals surface area contributed by atoms with Gasteiger partial charge in [-0.25, -0.2) is 0 Å². The minimum atomic E-state index is -1.72. The minimum absolute atomic E-state index is 0.173. The molecule has 0 radical (unpaired) electrons. The van der Waals surface area contributed by atoms with Crippen molar-refractivity contribution in [2.45, 2.75) is 18.6 Å². The molecule has 0 saturated carbocycles. The summed E-state index contributed by atoms with van der Waals surface area (Å²) in [4.78, 5) is 21.5. The monoisotopic (exact) mass is 232 g/mol. The van der Waals surface area contributed by atoms with E-state index >= 15 is 0 Å². The second-order valence-electron chi connectivity index (χ2n) is 2.76. The lowest BCUT2D eigenvalue weighted by Crippen LogP contribution is -2.33. The quantitative estimate of drug-likeness (QED) is 0.585. The minimum Gasteiger partial charge on any atom is -0.480 e. The lowest BCUT2D eigenvalue weighted by molar-refractivity contribution is -0.136. The Morgan fingerprint density at radius 1 is 1.60 bits per heavy atom. The standard InChI is InChI=1S/C8H12N2O4S/c1-6(8(12)13)15(14)5-7(11)10-4-2-3-9/h6H,2,4-5H2,1H3,(H,10,11)(H,12,13). The summed E-state index contributed by atoms with van der Waals surface area (Å²) in [6, 6.07) is 1.83. The van der Waals surface area contributed by atoms with Crippen LogP contribution in [-0.4, -0.2) is 38.7 Å². The van der Waals surface area contributed by atoms with Gasteiger partial charge in [0.05, 0.1) is 12.5 Å². The third-order valence-corrected chi connectivity index (χ3v) is 3.11. The summed E-state index contributed by atoms with van der Waals surface area (Å²) in [7, 11) is -1.72. The Balaban J connectivity index is 3.92. The molecule has 0 aromatic carbocycles. The van der Waals surface area contributed by atoms with Crippen LogP contribution in [0.5, 0.6) is 0 Å². The van der Waals surface area contributed by atoms with Gasteiger partial charge in [-0.2, -0.15) is 5.26 Å². The Morgan fingerprint density at radius 2 is 2.20 bits per heavy atom. The molecule has 0 rings (SSSR count). The van der Waals surface area contributed by atoms with Crippen molar-refractivity contribution in [2.24, 2.45) is 0 Å². The van der Waals surface area contributed by atoms with E-state index in [0.29, 0.717) is 0 Å². The van der Waals surface area contributed by atoms with Crippen LogP contribution < -0.4 is 5.32 Å². The number of rotatable bonds is 6. The number of nitriles is 1. The Kier molecular flexibility index (Phi) is 6.29. The van der Waals surface area contributed by atoms with Crippen LogP contribution in [0.1, 0.15) is 13.3 Å². The fourth-order valence-corrected chi connectivity index (χ4v) is 1.51. The zero-order valence-electron chi connectivity index (χ0n) is 8.23. The molecule has 6 nitrogen and oxygen atoms in total. The fraction of sp³-hybridized carbons (Fsp3) is 0.625. The first-order chi connectivity index (χ1) is 6.99. The van der Waals surface area contributed by atoms with Crippen LogP contribution in [0.2, 0.25) is 0 Å². The molecular formula is C8H12N2O4S. The third-order valence-electron chi connectivity index (χ3n) is 1.57. The number of carbonyl (C=O) groups excluding carboxylic acids is 1. The number of hydrogen-bond acceptors (Lipinski definition) is 4. The highest BCUT2D eigenvalue weighted by Crippen LogP contribution is 1.95. The molecule has 7 heteroatoms.